The number of carbonyl (C=O) groups is 1. The monoisotopic (exact) mass is 289 g/mol. The van der Waals surface area contributed by atoms with Crippen LogP contribution in [0.3, 0.4) is 0 Å². The van der Waals surface area contributed by atoms with E-state index in [-0.39, 0.29) is 17.1 Å². The third-order valence-electron chi connectivity index (χ3n) is 2.04. The molecule has 0 fully saturated rings. The SMILES string of the molecule is COc1ccc(S(=O)(=O)Cl)cc1N=CCC(C)=O. The van der Waals surface area contributed by atoms with Crippen molar-refractivity contribution in [3.63, 3.8) is 0 Å². The Balaban J connectivity index is 3.14. The number of Topliss-reactive ketones (excluding diaryl/α,β-unsaturated/α-hetero) is 1. The molecule has 0 aromatic heterocycles. The van der Waals surface area contributed by atoms with Crippen LogP contribution in [0.15, 0.2) is 28.1 Å². The number of carbonyl (C=O) groups excluding carboxylic acids is 1. The fraction of sp³-hybridized carbons (Fsp3) is 0.273. The zero-order valence-corrected chi connectivity index (χ0v) is 11.5. The van der Waals surface area contributed by atoms with Crippen LogP contribution in [0.2, 0.25) is 0 Å². The number of aliphatic imine (C=N–C) groups is 1. The van der Waals surface area contributed by atoms with E-state index in [1.807, 2.05) is 0 Å². The Morgan fingerprint density at radius 3 is 2.67 bits per heavy atom. The molecule has 0 saturated heterocycles. The first-order valence-electron chi connectivity index (χ1n) is 4.99. The Labute approximate surface area is 110 Å². The molecule has 0 atom stereocenters. The molecule has 0 aliphatic rings. The van der Waals surface area contributed by atoms with Gasteiger partial charge in [0.1, 0.15) is 17.2 Å². The van der Waals surface area contributed by atoms with Gasteiger partial charge in [0.2, 0.25) is 0 Å². The van der Waals surface area contributed by atoms with Gasteiger partial charge in [0, 0.05) is 23.3 Å². The second-order valence-corrected chi connectivity index (χ2v) is 6.06. The highest BCUT2D eigenvalue weighted by atomic mass is 35.7. The molecule has 1 aromatic rings. The van der Waals surface area contributed by atoms with Crippen molar-refractivity contribution in [2.75, 3.05) is 7.11 Å². The maximum Gasteiger partial charge on any atom is 0.261 e. The number of methoxy groups -OCH3 is 1. The van der Waals surface area contributed by atoms with E-state index in [9.17, 15) is 13.2 Å². The summed E-state index contributed by atoms with van der Waals surface area (Å²) in [4.78, 5) is 14.7. The molecule has 0 aliphatic carbocycles. The minimum absolute atomic E-state index is 0.0427. The lowest BCUT2D eigenvalue weighted by Crippen LogP contribution is -1.93. The highest BCUT2D eigenvalue weighted by Gasteiger charge is 2.12. The molecule has 1 rings (SSSR count). The summed E-state index contributed by atoms with van der Waals surface area (Å²) in [5.41, 5.74) is 0.306. The predicted octanol–water partition coefficient (Wildman–Crippen LogP) is 2.30. The Kier molecular flexibility index (Phi) is 4.86. The highest BCUT2D eigenvalue weighted by Crippen LogP contribution is 2.31. The van der Waals surface area contributed by atoms with Crippen LogP contribution in [0.1, 0.15) is 13.3 Å². The van der Waals surface area contributed by atoms with Crippen molar-refractivity contribution in [2.45, 2.75) is 18.2 Å². The van der Waals surface area contributed by atoms with Crippen LogP contribution in [-0.4, -0.2) is 27.5 Å². The van der Waals surface area contributed by atoms with E-state index >= 15 is 0 Å². The Hall–Kier alpha value is -1.40. The summed E-state index contributed by atoms with van der Waals surface area (Å²) in [6.45, 7) is 1.43. The molecule has 0 spiro atoms. The van der Waals surface area contributed by atoms with Crippen molar-refractivity contribution < 1.29 is 17.9 Å². The van der Waals surface area contributed by atoms with Crippen molar-refractivity contribution in [3.05, 3.63) is 18.2 Å². The zero-order chi connectivity index (χ0) is 13.8. The summed E-state index contributed by atoms with van der Waals surface area (Å²) in [6, 6.07) is 4.07. The zero-order valence-electron chi connectivity index (χ0n) is 9.88. The molecule has 0 radical (unpaired) electrons. The molecule has 0 unspecified atom stereocenters. The number of halogens is 1. The lowest BCUT2D eigenvalue weighted by Gasteiger charge is -2.05. The van der Waals surface area contributed by atoms with Crippen LogP contribution in [0.4, 0.5) is 5.69 Å². The minimum Gasteiger partial charge on any atom is -0.494 e. The smallest absolute Gasteiger partial charge is 0.261 e. The number of ether oxygens (including phenoxy) is 1. The molecule has 0 aliphatic heterocycles. The standard InChI is InChI=1S/C11H12ClNO4S/c1-8(14)5-6-13-10-7-9(18(12,15)16)3-4-11(10)17-2/h3-4,6-7H,5H2,1-2H3. The number of hydrogen-bond acceptors (Lipinski definition) is 5. The second-order valence-electron chi connectivity index (χ2n) is 3.49. The molecular formula is C11H12ClNO4S. The Morgan fingerprint density at radius 1 is 1.50 bits per heavy atom. The van der Waals surface area contributed by atoms with E-state index in [1.165, 1.54) is 38.4 Å². The highest BCUT2D eigenvalue weighted by molar-refractivity contribution is 8.13. The number of benzene rings is 1. The summed E-state index contributed by atoms with van der Waals surface area (Å²) >= 11 is 0. The van der Waals surface area contributed by atoms with Crippen LogP contribution >= 0.6 is 10.7 Å². The average molecular weight is 290 g/mol. The average Bonchev–Trinajstić information content (AvgIpc) is 2.27. The van der Waals surface area contributed by atoms with Gasteiger partial charge < -0.3 is 4.74 Å². The molecule has 18 heavy (non-hydrogen) atoms. The molecule has 7 heteroatoms. The normalized spacial score (nSPS) is 11.7. The Morgan fingerprint density at radius 2 is 2.17 bits per heavy atom. The van der Waals surface area contributed by atoms with E-state index in [4.69, 9.17) is 15.4 Å². The van der Waals surface area contributed by atoms with E-state index < -0.39 is 9.05 Å². The van der Waals surface area contributed by atoms with Crippen LogP contribution < -0.4 is 4.74 Å². The first-order chi connectivity index (χ1) is 8.34. The van der Waals surface area contributed by atoms with Gasteiger partial charge in [0.05, 0.1) is 12.0 Å². The van der Waals surface area contributed by atoms with Crippen molar-refractivity contribution in [1.29, 1.82) is 0 Å². The second kappa shape index (κ2) is 5.97. The predicted molar refractivity (Wildman–Crippen MR) is 69.5 cm³/mol. The van der Waals surface area contributed by atoms with Crippen molar-refractivity contribution in [2.24, 2.45) is 4.99 Å². The first-order valence-corrected chi connectivity index (χ1v) is 7.30. The van der Waals surface area contributed by atoms with Crippen molar-refractivity contribution in [3.8, 4) is 5.75 Å². The quantitative estimate of drug-likeness (QED) is 0.616. The van der Waals surface area contributed by atoms with Crippen molar-refractivity contribution in [1.82, 2.24) is 0 Å². The van der Waals surface area contributed by atoms with Gasteiger partial charge in [-0.3, -0.25) is 9.79 Å². The van der Waals surface area contributed by atoms with Gasteiger partial charge in [-0.2, -0.15) is 0 Å². The summed E-state index contributed by atoms with van der Waals surface area (Å²) in [5, 5.41) is 0. The van der Waals surface area contributed by atoms with Gasteiger partial charge in [0.25, 0.3) is 9.05 Å². The maximum atomic E-state index is 11.2. The minimum atomic E-state index is -3.82. The van der Waals surface area contributed by atoms with Crippen LogP contribution in [0.25, 0.3) is 0 Å². The van der Waals surface area contributed by atoms with Gasteiger partial charge in [-0.25, -0.2) is 8.42 Å². The van der Waals surface area contributed by atoms with Crippen molar-refractivity contribution >= 4 is 37.4 Å². The van der Waals surface area contributed by atoms with Crippen LogP contribution in [0, 0.1) is 0 Å². The molecule has 5 nitrogen and oxygen atoms in total. The number of hydrogen-bond donors (Lipinski definition) is 0. The molecule has 0 heterocycles. The van der Waals surface area contributed by atoms with E-state index in [1.54, 1.807) is 0 Å². The topological polar surface area (TPSA) is 72.8 Å². The van der Waals surface area contributed by atoms with E-state index in [0.717, 1.165) is 0 Å². The first kappa shape index (κ1) is 14.7. The fourth-order valence-electron chi connectivity index (χ4n) is 1.19. The summed E-state index contributed by atoms with van der Waals surface area (Å²) in [5.74, 6) is 0.359. The Bertz CT molecular complexity index is 581. The van der Waals surface area contributed by atoms with E-state index in [0.29, 0.717) is 11.4 Å². The molecule has 0 saturated carbocycles. The molecule has 0 amide bonds. The molecule has 0 N–H and O–H groups in total. The molecule has 1 aromatic carbocycles. The van der Waals surface area contributed by atoms with Gasteiger partial charge in [-0.05, 0) is 25.1 Å². The third-order valence-corrected chi connectivity index (χ3v) is 3.39. The van der Waals surface area contributed by atoms with Crippen LogP contribution in [-0.2, 0) is 13.8 Å². The lowest BCUT2D eigenvalue weighted by molar-refractivity contribution is -0.115. The molecular weight excluding hydrogens is 278 g/mol. The number of rotatable bonds is 5. The van der Waals surface area contributed by atoms with Gasteiger partial charge in [-0.1, -0.05) is 0 Å². The fourth-order valence-corrected chi connectivity index (χ4v) is 1.97. The number of nitrogens with zero attached hydrogens (tertiary/aromatic N) is 1. The van der Waals surface area contributed by atoms with Gasteiger partial charge in [0.15, 0.2) is 0 Å². The molecule has 0 bridgehead atoms. The summed E-state index contributed by atoms with van der Waals surface area (Å²) in [7, 11) is 2.86. The van der Waals surface area contributed by atoms with Gasteiger partial charge >= 0.3 is 0 Å². The summed E-state index contributed by atoms with van der Waals surface area (Å²) < 4.78 is 27.4. The molecule has 98 valence electrons. The maximum absolute atomic E-state index is 11.2. The third kappa shape index (κ3) is 4.12. The van der Waals surface area contributed by atoms with Crippen LogP contribution in [0.5, 0.6) is 5.75 Å². The van der Waals surface area contributed by atoms with E-state index in [2.05, 4.69) is 4.99 Å². The lowest BCUT2D eigenvalue weighted by atomic mass is 10.3. The number of ketones is 1. The summed E-state index contributed by atoms with van der Waals surface area (Å²) in [6.07, 6.45) is 1.56. The van der Waals surface area contributed by atoms with Gasteiger partial charge in [-0.15, -0.1) is 0 Å². The largest absolute Gasteiger partial charge is 0.494 e.